The Morgan fingerprint density at radius 2 is 2.23 bits per heavy atom. The fourth-order valence-electron chi connectivity index (χ4n) is 1.32. The van der Waals surface area contributed by atoms with E-state index in [2.05, 4.69) is 5.10 Å². The molecule has 4 nitrogen and oxygen atoms in total. The highest BCUT2D eigenvalue weighted by molar-refractivity contribution is 5.68. The Morgan fingerprint density at radius 3 is 2.69 bits per heavy atom. The van der Waals surface area contributed by atoms with Gasteiger partial charge < -0.3 is 10.2 Å². The van der Waals surface area contributed by atoms with Gasteiger partial charge in [0.25, 0.3) is 0 Å². The molecule has 0 amide bonds. The second kappa shape index (κ2) is 2.65. The van der Waals surface area contributed by atoms with E-state index in [0.29, 0.717) is 5.69 Å². The van der Waals surface area contributed by atoms with Gasteiger partial charge in [0.2, 0.25) is 0 Å². The highest BCUT2D eigenvalue weighted by Gasteiger charge is 2.10. The van der Waals surface area contributed by atoms with Crippen molar-refractivity contribution in [2.24, 2.45) is 7.05 Å². The molecule has 0 aromatic carbocycles. The Bertz CT molecular complexity index is 408. The minimum Gasteiger partial charge on any atom is -0.460 e. The Morgan fingerprint density at radius 1 is 1.46 bits per heavy atom. The van der Waals surface area contributed by atoms with Crippen LogP contribution in [0.1, 0.15) is 5.76 Å². The highest BCUT2D eigenvalue weighted by Crippen LogP contribution is 2.26. The lowest BCUT2D eigenvalue weighted by atomic mass is 10.3. The summed E-state index contributed by atoms with van der Waals surface area (Å²) in [4.78, 5) is 0. The summed E-state index contributed by atoms with van der Waals surface area (Å²) >= 11 is 0. The van der Waals surface area contributed by atoms with Crippen molar-refractivity contribution in [3.63, 3.8) is 0 Å². The molecule has 2 aromatic rings. The van der Waals surface area contributed by atoms with Crippen molar-refractivity contribution in [3.8, 4) is 11.5 Å². The van der Waals surface area contributed by atoms with Crippen molar-refractivity contribution in [1.82, 2.24) is 9.78 Å². The van der Waals surface area contributed by atoms with E-state index < -0.39 is 0 Å². The molecular weight excluding hydrogens is 166 g/mol. The first-order valence-electron chi connectivity index (χ1n) is 4.03. The molecule has 0 fully saturated rings. The lowest BCUT2D eigenvalue weighted by Gasteiger charge is -1.98. The number of aryl methyl sites for hydroxylation is 2. The number of furan rings is 1. The fourth-order valence-corrected chi connectivity index (χ4v) is 1.32. The first-order chi connectivity index (χ1) is 6.18. The van der Waals surface area contributed by atoms with E-state index in [1.54, 1.807) is 10.9 Å². The molecule has 0 radical (unpaired) electrons. The maximum absolute atomic E-state index is 5.74. The smallest absolute Gasteiger partial charge is 0.154 e. The van der Waals surface area contributed by atoms with Crippen LogP contribution in [0.15, 0.2) is 22.7 Å². The van der Waals surface area contributed by atoms with Crippen LogP contribution in [-0.4, -0.2) is 9.78 Å². The van der Waals surface area contributed by atoms with Gasteiger partial charge in [-0.3, -0.25) is 4.68 Å². The predicted molar refractivity (Wildman–Crippen MR) is 50.1 cm³/mol. The van der Waals surface area contributed by atoms with Crippen LogP contribution in [0, 0.1) is 6.92 Å². The summed E-state index contributed by atoms with van der Waals surface area (Å²) in [6, 6.07) is 3.80. The first kappa shape index (κ1) is 7.91. The quantitative estimate of drug-likeness (QED) is 0.719. The van der Waals surface area contributed by atoms with Crippen molar-refractivity contribution in [2.75, 3.05) is 5.73 Å². The summed E-state index contributed by atoms with van der Waals surface area (Å²) in [6.45, 7) is 1.90. The molecular formula is C9H11N3O. The van der Waals surface area contributed by atoms with Crippen LogP contribution in [-0.2, 0) is 7.05 Å². The van der Waals surface area contributed by atoms with Crippen molar-refractivity contribution < 1.29 is 4.42 Å². The number of nitrogens with zero attached hydrogens (tertiary/aromatic N) is 2. The number of anilines is 1. The third kappa shape index (κ3) is 1.20. The maximum Gasteiger partial charge on any atom is 0.154 e. The van der Waals surface area contributed by atoms with Crippen LogP contribution < -0.4 is 5.73 Å². The number of hydrogen-bond donors (Lipinski definition) is 1. The molecule has 0 unspecified atom stereocenters. The molecule has 0 aliphatic rings. The average Bonchev–Trinajstić information content (AvgIpc) is 2.60. The number of hydrogen-bond acceptors (Lipinski definition) is 3. The van der Waals surface area contributed by atoms with Crippen LogP contribution >= 0.6 is 0 Å². The molecule has 2 heterocycles. The largest absolute Gasteiger partial charge is 0.460 e. The van der Waals surface area contributed by atoms with Crippen molar-refractivity contribution in [3.05, 3.63) is 24.1 Å². The van der Waals surface area contributed by atoms with Gasteiger partial charge in [-0.25, -0.2) is 0 Å². The molecule has 0 aliphatic carbocycles. The molecule has 0 saturated carbocycles. The molecule has 13 heavy (non-hydrogen) atoms. The Hall–Kier alpha value is -1.71. The molecule has 2 aromatic heterocycles. The van der Waals surface area contributed by atoms with Crippen LogP contribution in [0.2, 0.25) is 0 Å². The van der Waals surface area contributed by atoms with Gasteiger partial charge in [-0.15, -0.1) is 0 Å². The Kier molecular flexibility index (Phi) is 1.62. The molecule has 0 aliphatic heterocycles. The van der Waals surface area contributed by atoms with E-state index in [9.17, 15) is 0 Å². The predicted octanol–water partition coefficient (Wildman–Crippen LogP) is 1.57. The zero-order chi connectivity index (χ0) is 9.42. The van der Waals surface area contributed by atoms with Gasteiger partial charge in [0.15, 0.2) is 5.76 Å². The first-order valence-corrected chi connectivity index (χ1v) is 4.03. The van der Waals surface area contributed by atoms with Gasteiger partial charge >= 0.3 is 0 Å². The number of aromatic nitrogens is 2. The summed E-state index contributed by atoms with van der Waals surface area (Å²) in [5.74, 6) is 1.63. The van der Waals surface area contributed by atoms with Gasteiger partial charge in [0, 0.05) is 7.05 Å². The summed E-state index contributed by atoms with van der Waals surface area (Å²) in [7, 11) is 1.84. The second-order valence-electron chi connectivity index (χ2n) is 2.98. The minimum atomic E-state index is 0.636. The van der Waals surface area contributed by atoms with E-state index in [0.717, 1.165) is 17.2 Å². The van der Waals surface area contributed by atoms with Crippen LogP contribution in [0.5, 0.6) is 0 Å². The Balaban J connectivity index is 2.57. The standard InChI is InChI=1S/C9H11N3O/c1-6-3-4-8(13-6)9-7(10)5-11-12(9)2/h3-5H,10H2,1-2H3. The summed E-state index contributed by atoms with van der Waals surface area (Å²) in [6.07, 6.45) is 1.62. The van der Waals surface area contributed by atoms with Crippen molar-refractivity contribution >= 4 is 5.69 Å². The minimum absolute atomic E-state index is 0.636. The zero-order valence-corrected chi connectivity index (χ0v) is 7.61. The molecule has 4 heteroatoms. The summed E-state index contributed by atoms with van der Waals surface area (Å²) in [5, 5.41) is 4.03. The fraction of sp³-hybridized carbons (Fsp3) is 0.222. The van der Waals surface area contributed by atoms with Crippen LogP contribution in [0.25, 0.3) is 11.5 Å². The molecule has 0 spiro atoms. The SMILES string of the molecule is Cc1ccc(-c2c(N)cnn2C)o1. The van der Waals surface area contributed by atoms with Gasteiger partial charge in [-0.05, 0) is 19.1 Å². The zero-order valence-electron chi connectivity index (χ0n) is 7.61. The summed E-state index contributed by atoms with van der Waals surface area (Å²) < 4.78 is 7.15. The third-order valence-electron chi connectivity index (χ3n) is 1.94. The molecule has 2 N–H and O–H groups in total. The van der Waals surface area contributed by atoms with Gasteiger partial charge in [-0.1, -0.05) is 0 Å². The lowest BCUT2D eigenvalue weighted by Crippen LogP contribution is -1.94. The number of nitrogen functional groups attached to an aromatic ring is 1. The molecule has 2 rings (SSSR count). The van der Waals surface area contributed by atoms with Gasteiger partial charge in [0.05, 0.1) is 11.9 Å². The molecule has 0 bridgehead atoms. The topological polar surface area (TPSA) is 57.0 Å². The van der Waals surface area contributed by atoms with Gasteiger partial charge in [0.1, 0.15) is 11.5 Å². The van der Waals surface area contributed by atoms with E-state index in [-0.39, 0.29) is 0 Å². The van der Waals surface area contributed by atoms with Crippen molar-refractivity contribution in [2.45, 2.75) is 6.92 Å². The van der Waals surface area contributed by atoms with E-state index in [1.807, 2.05) is 26.1 Å². The summed E-state index contributed by atoms with van der Waals surface area (Å²) in [5.41, 5.74) is 7.20. The molecule has 0 saturated heterocycles. The van der Waals surface area contributed by atoms with Crippen LogP contribution in [0.4, 0.5) is 5.69 Å². The third-order valence-corrected chi connectivity index (χ3v) is 1.94. The monoisotopic (exact) mass is 177 g/mol. The van der Waals surface area contributed by atoms with Crippen molar-refractivity contribution in [1.29, 1.82) is 0 Å². The normalized spacial score (nSPS) is 10.6. The van der Waals surface area contributed by atoms with E-state index in [4.69, 9.17) is 10.2 Å². The Labute approximate surface area is 76.0 Å². The highest BCUT2D eigenvalue weighted by atomic mass is 16.3. The molecule has 68 valence electrons. The second-order valence-corrected chi connectivity index (χ2v) is 2.98. The molecule has 0 atom stereocenters. The van der Waals surface area contributed by atoms with Gasteiger partial charge in [-0.2, -0.15) is 5.10 Å². The van der Waals surface area contributed by atoms with Crippen LogP contribution in [0.3, 0.4) is 0 Å². The lowest BCUT2D eigenvalue weighted by molar-refractivity contribution is 0.541. The maximum atomic E-state index is 5.74. The number of rotatable bonds is 1. The number of nitrogens with two attached hydrogens (primary N) is 1. The van der Waals surface area contributed by atoms with E-state index in [1.165, 1.54) is 0 Å². The van der Waals surface area contributed by atoms with E-state index >= 15 is 0 Å². The average molecular weight is 177 g/mol.